The summed E-state index contributed by atoms with van der Waals surface area (Å²) in [6, 6.07) is 8.80. The highest BCUT2D eigenvalue weighted by Gasteiger charge is 2.29. The van der Waals surface area contributed by atoms with Gasteiger partial charge in [-0.1, -0.05) is 31.0 Å². The van der Waals surface area contributed by atoms with E-state index in [4.69, 9.17) is 4.74 Å². The number of nitrogens with zero attached hydrogens (tertiary/aromatic N) is 1. The lowest BCUT2D eigenvalue weighted by Gasteiger charge is -2.31. The Morgan fingerprint density at radius 1 is 1.29 bits per heavy atom. The van der Waals surface area contributed by atoms with Crippen molar-refractivity contribution >= 4 is 5.78 Å². The minimum absolute atomic E-state index is 0.315. The molecule has 2 heterocycles. The zero-order chi connectivity index (χ0) is 14.7. The van der Waals surface area contributed by atoms with Crippen molar-refractivity contribution < 1.29 is 9.53 Å². The first-order chi connectivity index (χ1) is 10.2. The van der Waals surface area contributed by atoms with E-state index in [1.54, 1.807) is 6.92 Å². The van der Waals surface area contributed by atoms with Gasteiger partial charge in [0.05, 0.1) is 6.61 Å². The van der Waals surface area contributed by atoms with Crippen LogP contribution in [-0.2, 0) is 4.79 Å². The highest BCUT2D eigenvalue weighted by molar-refractivity contribution is 5.76. The van der Waals surface area contributed by atoms with Crippen molar-refractivity contribution in [3.05, 3.63) is 29.8 Å². The Kier molecular flexibility index (Phi) is 4.59. The minimum Gasteiger partial charge on any atom is -0.493 e. The van der Waals surface area contributed by atoms with E-state index in [-0.39, 0.29) is 0 Å². The Morgan fingerprint density at radius 2 is 2.14 bits per heavy atom. The smallest absolute Gasteiger partial charge is 0.131 e. The first-order valence-corrected chi connectivity index (χ1v) is 8.19. The molecule has 0 saturated carbocycles. The van der Waals surface area contributed by atoms with Gasteiger partial charge in [0.1, 0.15) is 11.5 Å². The number of para-hydroxylation sites is 1. The molecule has 0 amide bonds. The van der Waals surface area contributed by atoms with Crippen molar-refractivity contribution in [2.75, 3.05) is 19.7 Å². The molecule has 0 aromatic heterocycles. The van der Waals surface area contributed by atoms with Gasteiger partial charge in [-0.2, -0.15) is 0 Å². The monoisotopic (exact) mass is 287 g/mol. The summed E-state index contributed by atoms with van der Waals surface area (Å²) in [6.45, 7) is 4.64. The van der Waals surface area contributed by atoms with E-state index in [9.17, 15) is 4.79 Å². The number of Topliss-reactive ketones (excluding diaryl/α,β-unsaturated/α-hetero) is 1. The molecule has 0 radical (unpaired) electrons. The molecular weight excluding hydrogens is 262 g/mol. The van der Waals surface area contributed by atoms with Gasteiger partial charge >= 0.3 is 0 Å². The van der Waals surface area contributed by atoms with E-state index in [0.717, 1.165) is 31.9 Å². The maximum Gasteiger partial charge on any atom is 0.131 e. The number of carbonyl (C=O) groups is 1. The van der Waals surface area contributed by atoms with Crippen LogP contribution in [0, 0.1) is 0 Å². The van der Waals surface area contributed by atoms with Gasteiger partial charge in [-0.25, -0.2) is 0 Å². The minimum atomic E-state index is 0.315. The van der Waals surface area contributed by atoms with Crippen LogP contribution in [0.5, 0.6) is 5.75 Å². The molecule has 2 unspecified atom stereocenters. The van der Waals surface area contributed by atoms with Gasteiger partial charge in [0, 0.05) is 30.5 Å². The molecular formula is C18H25NO2. The zero-order valence-corrected chi connectivity index (χ0v) is 12.9. The molecule has 2 aliphatic rings. The Hall–Kier alpha value is -1.35. The first kappa shape index (κ1) is 14.6. The lowest BCUT2D eigenvalue weighted by Crippen LogP contribution is -2.39. The second-order valence-electron chi connectivity index (χ2n) is 6.45. The summed E-state index contributed by atoms with van der Waals surface area (Å²) in [5.41, 5.74) is 1.34. The van der Waals surface area contributed by atoms with Crippen molar-refractivity contribution in [1.29, 1.82) is 0 Å². The van der Waals surface area contributed by atoms with Gasteiger partial charge in [0.15, 0.2) is 0 Å². The third-order valence-corrected chi connectivity index (χ3v) is 4.78. The summed E-state index contributed by atoms with van der Waals surface area (Å²) < 4.78 is 5.81. The second kappa shape index (κ2) is 6.61. The van der Waals surface area contributed by atoms with Crippen LogP contribution in [0.15, 0.2) is 24.3 Å². The summed E-state index contributed by atoms with van der Waals surface area (Å²) in [5, 5.41) is 0. The van der Waals surface area contributed by atoms with E-state index in [0.29, 0.717) is 24.2 Å². The largest absolute Gasteiger partial charge is 0.493 e. The topological polar surface area (TPSA) is 29.5 Å². The average Bonchev–Trinajstić information content (AvgIpc) is 2.75. The number of ketones is 1. The summed E-state index contributed by atoms with van der Waals surface area (Å²) in [6.07, 6.45) is 5.67. The molecule has 1 aromatic carbocycles. The first-order valence-electron chi connectivity index (χ1n) is 8.19. The maximum atomic E-state index is 11.6. The molecule has 3 rings (SSSR count). The lowest BCUT2D eigenvalue weighted by molar-refractivity contribution is -0.118. The normalized spacial score (nSPS) is 26.0. The van der Waals surface area contributed by atoms with Crippen molar-refractivity contribution in [1.82, 2.24) is 4.90 Å². The molecule has 1 fully saturated rings. The SMILES string of the molecule is CC(=O)CC1CCCCCN1CC1COc2ccccc21. The molecule has 1 saturated heterocycles. The number of benzene rings is 1. The van der Waals surface area contributed by atoms with E-state index in [1.165, 1.54) is 24.8 Å². The van der Waals surface area contributed by atoms with Gasteiger partial charge in [-0.05, 0) is 32.4 Å². The quantitative estimate of drug-likeness (QED) is 0.850. The molecule has 3 nitrogen and oxygen atoms in total. The molecule has 2 atom stereocenters. The third-order valence-electron chi connectivity index (χ3n) is 4.78. The molecule has 3 heteroatoms. The van der Waals surface area contributed by atoms with Crippen molar-refractivity contribution in [2.24, 2.45) is 0 Å². The fourth-order valence-electron chi connectivity index (χ4n) is 3.70. The van der Waals surface area contributed by atoms with E-state index in [2.05, 4.69) is 23.1 Å². The summed E-state index contributed by atoms with van der Waals surface area (Å²) in [4.78, 5) is 14.1. The average molecular weight is 287 g/mol. The summed E-state index contributed by atoms with van der Waals surface area (Å²) in [5.74, 6) is 1.81. The van der Waals surface area contributed by atoms with Crippen molar-refractivity contribution in [3.63, 3.8) is 0 Å². The van der Waals surface area contributed by atoms with Crippen LogP contribution in [0.1, 0.15) is 50.5 Å². The van der Waals surface area contributed by atoms with Gasteiger partial charge in [0.2, 0.25) is 0 Å². The molecule has 0 N–H and O–H groups in total. The molecule has 2 aliphatic heterocycles. The van der Waals surface area contributed by atoms with E-state index in [1.807, 2.05) is 6.07 Å². The molecule has 114 valence electrons. The van der Waals surface area contributed by atoms with Crippen LogP contribution in [0.2, 0.25) is 0 Å². The number of rotatable bonds is 4. The van der Waals surface area contributed by atoms with E-state index < -0.39 is 0 Å². The van der Waals surface area contributed by atoms with Gasteiger partial charge in [-0.15, -0.1) is 0 Å². The Morgan fingerprint density at radius 3 is 3.00 bits per heavy atom. The summed E-state index contributed by atoms with van der Waals surface area (Å²) in [7, 11) is 0. The van der Waals surface area contributed by atoms with Gasteiger partial charge < -0.3 is 4.74 Å². The number of carbonyl (C=O) groups excluding carboxylic acids is 1. The van der Waals surface area contributed by atoms with Crippen LogP contribution in [0.4, 0.5) is 0 Å². The van der Waals surface area contributed by atoms with Gasteiger partial charge in [0.25, 0.3) is 0 Å². The molecule has 0 aliphatic carbocycles. The highest BCUT2D eigenvalue weighted by atomic mass is 16.5. The standard InChI is InChI=1S/C18H25NO2/c1-14(20)11-16-7-3-2-6-10-19(16)12-15-13-21-18-9-5-4-8-17(15)18/h4-5,8-9,15-16H,2-3,6-7,10-13H2,1H3. The summed E-state index contributed by atoms with van der Waals surface area (Å²) >= 11 is 0. The number of hydrogen-bond donors (Lipinski definition) is 0. The fourth-order valence-corrected chi connectivity index (χ4v) is 3.70. The Balaban J connectivity index is 1.71. The lowest BCUT2D eigenvalue weighted by atomic mass is 9.98. The van der Waals surface area contributed by atoms with E-state index >= 15 is 0 Å². The number of ether oxygens (including phenoxy) is 1. The van der Waals surface area contributed by atoms with Crippen LogP contribution in [-0.4, -0.2) is 36.4 Å². The zero-order valence-electron chi connectivity index (χ0n) is 12.9. The number of hydrogen-bond acceptors (Lipinski definition) is 3. The van der Waals surface area contributed by atoms with Crippen molar-refractivity contribution in [2.45, 2.75) is 51.0 Å². The van der Waals surface area contributed by atoms with Crippen LogP contribution >= 0.6 is 0 Å². The predicted molar refractivity (Wildman–Crippen MR) is 83.8 cm³/mol. The highest BCUT2D eigenvalue weighted by Crippen LogP contribution is 2.35. The maximum absolute atomic E-state index is 11.6. The molecule has 21 heavy (non-hydrogen) atoms. The van der Waals surface area contributed by atoms with Crippen LogP contribution in [0.3, 0.4) is 0 Å². The van der Waals surface area contributed by atoms with Crippen molar-refractivity contribution in [3.8, 4) is 5.75 Å². The predicted octanol–water partition coefficient (Wildman–Crippen LogP) is 3.39. The number of likely N-dealkylation sites (tertiary alicyclic amines) is 1. The third kappa shape index (κ3) is 3.46. The number of fused-ring (bicyclic) bond motifs is 1. The van der Waals surface area contributed by atoms with Crippen LogP contribution in [0.25, 0.3) is 0 Å². The molecule has 0 spiro atoms. The second-order valence-corrected chi connectivity index (χ2v) is 6.45. The Labute approximate surface area is 127 Å². The van der Waals surface area contributed by atoms with Crippen LogP contribution < -0.4 is 4.74 Å². The fraction of sp³-hybridized carbons (Fsp3) is 0.611. The molecule has 0 bridgehead atoms. The Bertz CT molecular complexity index is 500. The van der Waals surface area contributed by atoms with Gasteiger partial charge in [-0.3, -0.25) is 9.69 Å². The molecule has 1 aromatic rings.